The van der Waals surface area contributed by atoms with Crippen molar-refractivity contribution in [3.05, 3.63) is 6.33 Å². The van der Waals surface area contributed by atoms with Crippen LogP contribution in [0.15, 0.2) is 6.33 Å². The number of hydrogen-bond donors (Lipinski definition) is 1. The van der Waals surface area contributed by atoms with Gasteiger partial charge in [-0.25, -0.2) is 0 Å². The van der Waals surface area contributed by atoms with E-state index < -0.39 is 0 Å². The highest BCUT2D eigenvalue weighted by molar-refractivity contribution is 5.30. The minimum atomic E-state index is 0.213. The van der Waals surface area contributed by atoms with Crippen LogP contribution in [0.5, 0.6) is 0 Å². The molecule has 0 bridgehead atoms. The molecule has 2 aromatic heterocycles. The summed E-state index contributed by atoms with van der Waals surface area (Å²) in [6, 6.07) is 0. The van der Waals surface area contributed by atoms with E-state index in [0.717, 1.165) is 0 Å². The minimum absolute atomic E-state index is 0.213. The Bertz CT molecular complexity index is 350. The van der Waals surface area contributed by atoms with Gasteiger partial charge < -0.3 is 5.73 Å². The number of nitrogens with two attached hydrogens (primary N) is 1. The number of nitrogen functional groups attached to an aromatic ring is 1. The van der Waals surface area contributed by atoms with Gasteiger partial charge in [0.05, 0.1) is 0 Å². The molecule has 0 amide bonds. The third kappa shape index (κ3) is 0.508. The monoisotopic (exact) mass is 137 g/mol. The Hall–Kier alpha value is -1.79. The van der Waals surface area contributed by atoms with Gasteiger partial charge in [-0.1, -0.05) is 0 Å². The summed E-state index contributed by atoms with van der Waals surface area (Å²) < 4.78 is 1.30. The van der Waals surface area contributed by atoms with Crippen LogP contribution in [0.3, 0.4) is 0 Å². The zero-order valence-corrected chi connectivity index (χ0v) is 4.84. The van der Waals surface area contributed by atoms with Crippen LogP contribution >= 0.6 is 0 Å². The summed E-state index contributed by atoms with van der Waals surface area (Å²) in [5, 5.41) is 17.9. The second-order valence-corrected chi connectivity index (χ2v) is 1.62. The van der Waals surface area contributed by atoms with Crippen LogP contribution < -0.4 is 5.73 Å². The molecule has 0 aromatic carbocycles. The molecular weight excluding hydrogens is 134 g/mol. The van der Waals surface area contributed by atoms with Gasteiger partial charge in [0.2, 0.25) is 5.95 Å². The van der Waals surface area contributed by atoms with Gasteiger partial charge in [0.25, 0.3) is 5.78 Å². The standard InChI is InChI=1S/C3H3N7/c4-2-7-9-3-8-5-1-6-10(2)3/h1H,(H2,4,7). The fraction of sp³-hybridized carbons (Fsp3) is 0. The lowest BCUT2D eigenvalue weighted by Crippen LogP contribution is -1.99. The van der Waals surface area contributed by atoms with E-state index in [1.807, 2.05) is 0 Å². The van der Waals surface area contributed by atoms with E-state index in [1.165, 1.54) is 10.8 Å². The zero-order valence-electron chi connectivity index (χ0n) is 4.84. The predicted molar refractivity (Wildman–Crippen MR) is 30.8 cm³/mol. The van der Waals surface area contributed by atoms with Crippen molar-refractivity contribution in [2.45, 2.75) is 0 Å². The molecule has 0 aliphatic rings. The molecular formula is C3H3N7. The lowest BCUT2D eigenvalue weighted by molar-refractivity contribution is 0.831. The van der Waals surface area contributed by atoms with E-state index in [-0.39, 0.29) is 5.95 Å². The van der Waals surface area contributed by atoms with Crippen molar-refractivity contribution in [2.75, 3.05) is 5.73 Å². The molecule has 2 rings (SSSR count). The number of anilines is 1. The molecule has 2 aromatic rings. The van der Waals surface area contributed by atoms with Gasteiger partial charge in [-0.2, -0.15) is 4.52 Å². The summed E-state index contributed by atoms with van der Waals surface area (Å²) in [6.07, 6.45) is 1.27. The average Bonchev–Trinajstić information content (AvgIpc) is 2.34. The second-order valence-electron chi connectivity index (χ2n) is 1.62. The number of aromatic nitrogens is 6. The van der Waals surface area contributed by atoms with Crippen LogP contribution in [-0.4, -0.2) is 30.0 Å². The summed E-state index contributed by atoms with van der Waals surface area (Å²) in [4.78, 5) is 0. The van der Waals surface area contributed by atoms with Gasteiger partial charge in [0.1, 0.15) is 0 Å². The highest BCUT2D eigenvalue weighted by Gasteiger charge is 2.00. The largest absolute Gasteiger partial charge is 0.366 e. The molecule has 7 nitrogen and oxygen atoms in total. The van der Waals surface area contributed by atoms with Crippen molar-refractivity contribution in [1.82, 2.24) is 30.0 Å². The highest BCUT2D eigenvalue weighted by Crippen LogP contribution is 1.93. The Labute approximate surface area is 54.9 Å². The summed E-state index contributed by atoms with van der Waals surface area (Å²) >= 11 is 0. The van der Waals surface area contributed by atoms with Gasteiger partial charge in [-0.15, -0.1) is 25.5 Å². The van der Waals surface area contributed by atoms with E-state index in [2.05, 4.69) is 25.5 Å². The van der Waals surface area contributed by atoms with E-state index >= 15 is 0 Å². The Kier molecular flexibility index (Phi) is 0.802. The van der Waals surface area contributed by atoms with Crippen molar-refractivity contribution in [2.24, 2.45) is 0 Å². The maximum atomic E-state index is 5.34. The van der Waals surface area contributed by atoms with Crippen LogP contribution in [0.4, 0.5) is 5.95 Å². The Morgan fingerprint density at radius 2 is 2.20 bits per heavy atom. The summed E-state index contributed by atoms with van der Waals surface area (Å²) in [7, 11) is 0. The van der Waals surface area contributed by atoms with Gasteiger partial charge in [0.15, 0.2) is 6.33 Å². The van der Waals surface area contributed by atoms with E-state index in [9.17, 15) is 0 Å². The number of fused-ring (bicyclic) bond motifs is 1. The first kappa shape index (κ1) is 5.03. The van der Waals surface area contributed by atoms with Crippen molar-refractivity contribution in [3.63, 3.8) is 0 Å². The maximum absolute atomic E-state index is 5.34. The third-order valence-electron chi connectivity index (χ3n) is 1.01. The normalized spacial score (nSPS) is 10.4. The first-order valence-electron chi connectivity index (χ1n) is 2.52. The van der Waals surface area contributed by atoms with E-state index in [1.54, 1.807) is 0 Å². The predicted octanol–water partition coefficient (Wildman–Crippen LogP) is -1.50. The zero-order chi connectivity index (χ0) is 6.97. The van der Waals surface area contributed by atoms with Crippen LogP contribution in [0.2, 0.25) is 0 Å². The Balaban J connectivity index is 2.93. The molecule has 0 atom stereocenters. The van der Waals surface area contributed by atoms with Crippen LogP contribution in [-0.2, 0) is 0 Å². The minimum Gasteiger partial charge on any atom is -0.366 e. The Morgan fingerprint density at radius 3 is 3.00 bits per heavy atom. The SMILES string of the molecule is Nc1nnc2nncnn12. The van der Waals surface area contributed by atoms with Gasteiger partial charge in [0, 0.05) is 0 Å². The molecule has 0 aliphatic heterocycles. The van der Waals surface area contributed by atoms with Crippen molar-refractivity contribution >= 4 is 11.7 Å². The molecule has 0 radical (unpaired) electrons. The molecule has 0 fully saturated rings. The summed E-state index contributed by atoms with van der Waals surface area (Å²) in [5.41, 5.74) is 5.34. The molecule has 0 saturated carbocycles. The van der Waals surface area contributed by atoms with Crippen molar-refractivity contribution < 1.29 is 0 Å². The molecule has 0 saturated heterocycles. The second kappa shape index (κ2) is 1.59. The molecule has 7 heteroatoms. The first-order chi connectivity index (χ1) is 4.88. The highest BCUT2D eigenvalue weighted by atomic mass is 15.5. The number of hydrogen-bond acceptors (Lipinski definition) is 6. The fourth-order valence-corrected chi connectivity index (χ4v) is 0.608. The van der Waals surface area contributed by atoms with Gasteiger partial charge in [-0.05, 0) is 0 Å². The summed E-state index contributed by atoms with van der Waals surface area (Å²) in [5.74, 6) is 0.518. The molecule has 2 N–H and O–H groups in total. The number of nitrogens with zero attached hydrogens (tertiary/aromatic N) is 6. The lowest BCUT2D eigenvalue weighted by atomic mass is 11.0. The Morgan fingerprint density at radius 1 is 1.30 bits per heavy atom. The van der Waals surface area contributed by atoms with Crippen molar-refractivity contribution in [1.29, 1.82) is 0 Å². The molecule has 0 aliphatic carbocycles. The van der Waals surface area contributed by atoms with Crippen molar-refractivity contribution in [3.8, 4) is 0 Å². The van der Waals surface area contributed by atoms with Gasteiger partial charge >= 0.3 is 0 Å². The number of rotatable bonds is 0. The third-order valence-corrected chi connectivity index (χ3v) is 1.01. The molecule has 10 heavy (non-hydrogen) atoms. The smallest absolute Gasteiger partial charge is 0.292 e. The average molecular weight is 137 g/mol. The van der Waals surface area contributed by atoms with Gasteiger partial charge in [-0.3, -0.25) is 0 Å². The molecule has 2 heterocycles. The molecule has 0 spiro atoms. The fourth-order valence-electron chi connectivity index (χ4n) is 0.608. The van der Waals surface area contributed by atoms with E-state index in [0.29, 0.717) is 5.78 Å². The first-order valence-corrected chi connectivity index (χ1v) is 2.52. The van der Waals surface area contributed by atoms with Crippen LogP contribution in [0, 0.1) is 0 Å². The quantitative estimate of drug-likeness (QED) is 0.474. The van der Waals surface area contributed by atoms with Crippen LogP contribution in [0.1, 0.15) is 0 Å². The summed E-state index contributed by atoms with van der Waals surface area (Å²) in [6.45, 7) is 0. The topological polar surface area (TPSA) is 94.9 Å². The van der Waals surface area contributed by atoms with E-state index in [4.69, 9.17) is 5.73 Å². The van der Waals surface area contributed by atoms with Crippen LogP contribution in [0.25, 0.3) is 5.78 Å². The lowest BCUT2D eigenvalue weighted by Gasteiger charge is -1.85. The molecule has 0 unspecified atom stereocenters. The maximum Gasteiger partial charge on any atom is 0.292 e. The molecule has 50 valence electrons.